The fraction of sp³-hybridized carbons (Fsp3) is 0.222. The third-order valence-corrected chi connectivity index (χ3v) is 1.44. The maximum atomic E-state index is 10.8. The monoisotopic (exact) mass is 163 g/mol. The van der Waals surface area contributed by atoms with Gasteiger partial charge in [-0.2, -0.15) is 0 Å². The lowest BCUT2D eigenvalue weighted by atomic mass is 10.3. The van der Waals surface area contributed by atoms with Crippen molar-refractivity contribution in [1.29, 1.82) is 0 Å². The van der Waals surface area contributed by atoms with Gasteiger partial charge in [0.05, 0.1) is 0 Å². The summed E-state index contributed by atoms with van der Waals surface area (Å²) in [6.07, 6.45) is 3.70. The van der Waals surface area contributed by atoms with Crippen molar-refractivity contribution >= 4 is 5.91 Å². The van der Waals surface area contributed by atoms with E-state index < -0.39 is 0 Å². The summed E-state index contributed by atoms with van der Waals surface area (Å²) in [6.45, 7) is 4.00. The Balaban J connectivity index is 2.38. The first kappa shape index (κ1) is 8.71. The van der Waals surface area contributed by atoms with E-state index in [1.807, 2.05) is 12.1 Å². The molecule has 1 amide bonds. The zero-order valence-corrected chi connectivity index (χ0v) is 6.79. The van der Waals surface area contributed by atoms with Crippen molar-refractivity contribution in [3.05, 3.63) is 37.0 Å². The summed E-state index contributed by atoms with van der Waals surface area (Å²) >= 11 is 0. The maximum absolute atomic E-state index is 10.8. The van der Waals surface area contributed by atoms with Gasteiger partial charge in [0.25, 0.3) is 0 Å². The van der Waals surface area contributed by atoms with Gasteiger partial charge in [0.2, 0.25) is 5.91 Å². The van der Waals surface area contributed by atoms with Gasteiger partial charge in [0, 0.05) is 25.4 Å². The second-order valence-electron chi connectivity index (χ2n) is 2.39. The summed E-state index contributed by atoms with van der Waals surface area (Å²) < 4.78 is 0. The van der Waals surface area contributed by atoms with Crippen molar-refractivity contribution in [3.63, 3.8) is 0 Å². The zero-order valence-electron chi connectivity index (χ0n) is 6.79. The largest absolute Gasteiger partial charge is 0.352 e. The minimum absolute atomic E-state index is 0.0427. The summed E-state index contributed by atoms with van der Waals surface area (Å²) in [5.41, 5.74) is 0.999. The average molecular weight is 163 g/mol. The second-order valence-corrected chi connectivity index (χ2v) is 2.39. The minimum Gasteiger partial charge on any atom is -0.352 e. The van der Waals surface area contributed by atoms with E-state index in [9.17, 15) is 4.79 Å². The van der Waals surface area contributed by atoms with Crippen molar-refractivity contribution in [2.75, 3.05) is 0 Å². The summed E-state index contributed by atoms with van der Waals surface area (Å²) in [7, 11) is 0. The van der Waals surface area contributed by atoms with Crippen LogP contribution in [0.1, 0.15) is 12.0 Å². The van der Waals surface area contributed by atoms with E-state index in [1.54, 1.807) is 12.4 Å². The van der Waals surface area contributed by atoms with Crippen LogP contribution >= 0.6 is 0 Å². The normalized spacial score (nSPS) is 9.42. The predicted molar refractivity (Wildman–Crippen MR) is 46.1 cm³/mol. The van der Waals surface area contributed by atoms with Crippen LogP contribution < -0.4 is 5.32 Å². The quantitative estimate of drug-likeness (QED) is 0.720. The number of hydrogen-bond acceptors (Lipinski definition) is 2. The molecule has 0 aromatic carbocycles. The van der Waals surface area contributed by atoms with Crippen molar-refractivity contribution in [3.8, 4) is 0 Å². The summed E-state index contributed by atoms with van der Waals surface area (Å²) in [5.74, 6) is -0.0427. The third-order valence-electron chi connectivity index (χ3n) is 1.44. The van der Waals surface area contributed by atoms with E-state index in [2.05, 4.69) is 17.2 Å². The summed E-state index contributed by atoms with van der Waals surface area (Å²) in [5, 5.41) is 2.71. The van der Waals surface area contributed by atoms with Crippen LogP contribution in [0, 0.1) is 6.92 Å². The Morgan fingerprint density at radius 3 is 3.08 bits per heavy atom. The van der Waals surface area contributed by atoms with Gasteiger partial charge in [-0.1, -0.05) is 6.07 Å². The number of nitrogens with one attached hydrogen (secondary N) is 1. The Bertz CT molecular complexity index is 246. The van der Waals surface area contributed by atoms with E-state index in [0.717, 1.165) is 5.56 Å². The molecule has 63 valence electrons. The second kappa shape index (κ2) is 4.49. The highest BCUT2D eigenvalue weighted by Crippen LogP contribution is 1.94. The van der Waals surface area contributed by atoms with E-state index >= 15 is 0 Å². The lowest BCUT2D eigenvalue weighted by Gasteiger charge is -2.01. The molecule has 0 saturated heterocycles. The highest BCUT2D eigenvalue weighted by atomic mass is 16.1. The summed E-state index contributed by atoms with van der Waals surface area (Å²) in [6, 6.07) is 3.75. The first-order valence-electron chi connectivity index (χ1n) is 3.78. The molecule has 0 fully saturated rings. The third kappa shape index (κ3) is 2.70. The Morgan fingerprint density at radius 1 is 1.67 bits per heavy atom. The first-order chi connectivity index (χ1) is 5.83. The van der Waals surface area contributed by atoms with E-state index in [4.69, 9.17) is 0 Å². The molecule has 0 saturated carbocycles. The minimum atomic E-state index is -0.0427. The van der Waals surface area contributed by atoms with Gasteiger partial charge in [0.1, 0.15) is 0 Å². The molecule has 1 aromatic rings. The van der Waals surface area contributed by atoms with Crippen LogP contribution in [-0.4, -0.2) is 10.9 Å². The van der Waals surface area contributed by atoms with Gasteiger partial charge in [0.15, 0.2) is 0 Å². The van der Waals surface area contributed by atoms with Crippen LogP contribution in [0.25, 0.3) is 0 Å². The van der Waals surface area contributed by atoms with Gasteiger partial charge in [-0.25, -0.2) is 0 Å². The van der Waals surface area contributed by atoms with Crippen molar-refractivity contribution < 1.29 is 4.79 Å². The van der Waals surface area contributed by atoms with Crippen LogP contribution in [0.5, 0.6) is 0 Å². The number of amides is 1. The van der Waals surface area contributed by atoms with Crippen molar-refractivity contribution in [2.24, 2.45) is 0 Å². The number of aromatic nitrogens is 1. The van der Waals surface area contributed by atoms with Gasteiger partial charge < -0.3 is 5.32 Å². The van der Waals surface area contributed by atoms with Crippen LogP contribution in [0.15, 0.2) is 24.5 Å². The first-order valence-corrected chi connectivity index (χ1v) is 3.78. The number of carbonyl (C=O) groups excluding carboxylic acids is 1. The zero-order chi connectivity index (χ0) is 8.81. The molecule has 1 radical (unpaired) electrons. The molecule has 0 aliphatic rings. The van der Waals surface area contributed by atoms with Crippen LogP contribution in [-0.2, 0) is 11.3 Å². The lowest BCUT2D eigenvalue weighted by Crippen LogP contribution is -2.21. The van der Waals surface area contributed by atoms with Crippen LogP contribution in [0.4, 0.5) is 0 Å². The molecule has 1 rings (SSSR count). The average Bonchev–Trinajstić information content (AvgIpc) is 2.16. The van der Waals surface area contributed by atoms with Gasteiger partial charge in [-0.15, -0.1) is 0 Å². The van der Waals surface area contributed by atoms with Crippen LogP contribution in [0.3, 0.4) is 0 Å². The number of nitrogens with zero attached hydrogens (tertiary/aromatic N) is 1. The lowest BCUT2D eigenvalue weighted by molar-refractivity contribution is -0.120. The highest BCUT2D eigenvalue weighted by Gasteiger charge is 1.95. The van der Waals surface area contributed by atoms with Gasteiger partial charge in [-0.05, 0) is 18.6 Å². The molecule has 0 aliphatic heterocycles. The van der Waals surface area contributed by atoms with E-state index in [-0.39, 0.29) is 12.3 Å². The maximum Gasteiger partial charge on any atom is 0.220 e. The Hall–Kier alpha value is -1.38. The van der Waals surface area contributed by atoms with Crippen LogP contribution in [0.2, 0.25) is 0 Å². The Labute approximate surface area is 71.8 Å². The Kier molecular flexibility index (Phi) is 3.26. The van der Waals surface area contributed by atoms with Gasteiger partial charge >= 0.3 is 0 Å². The number of hydrogen-bond donors (Lipinski definition) is 1. The van der Waals surface area contributed by atoms with E-state index in [1.165, 1.54) is 0 Å². The van der Waals surface area contributed by atoms with Gasteiger partial charge in [-0.3, -0.25) is 9.78 Å². The van der Waals surface area contributed by atoms with Crippen molar-refractivity contribution in [2.45, 2.75) is 13.0 Å². The molecule has 0 unspecified atom stereocenters. The van der Waals surface area contributed by atoms with Crippen molar-refractivity contribution in [1.82, 2.24) is 10.3 Å². The number of rotatable bonds is 3. The molecule has 1 aromatic heterocycles. The molecule has 3 nitrogen and oxygen atoms in total. The fourth-order valence-corrected chi connectivity index (χ4v) is 0.792. The molecule has 1 N–H and O–H groups in total. The molecule has 1 heterocycles. The standard InChI is InChI=1S/C9H11N2O/c1-2-9(12)11-7-8-4-3-5-10-6-8/h3-6H,1-2,7H2,(H,11,12). The molecule has 3 heteroatoms. The number of carbonyl (C=O) groups is 1. The summed E-state index contributed by atoms with van der Waals surface area (Å²) in [4.78, 5) is 14.7. The highest BCUT2D eigenvalue weighted by molar-refractivity contribution is 5.76. The number of pyridine rings is 1. The Morgan fingerprint density at radius 2 is 2.50 bits per heavy atom. The molecule has 12 heavy (non-hydrogen) atoms. The van der Waals surface area contributed by atoms with E-state index in [0.29, 0.717) is 6.54 Å². The smallest absolute Gasteiger partial charge is 0.220 e. The fourth-order valence-electron chi connectivity index (χ4n) is 0.792. The molecule has 0 bridgehead atoms. The predicted octanol–water partition coefficient (Wildman–Crippen LogP) is 0.922. The molecule has 0 aliphatic carbocycles. The SMILES string of the molecule is [CH2]CC(=O)NCc1cccnc1. The molecular formula is C9H11N2O. The topological polar surface area (TPSA) is 42.0 Å². The molecule has 0 atom stereocenters. The molecule has 0 spiro atoms. The molecular weight excluding hydrogens is 152 g/mol.